The molecule has 0 bridgehead atoms. The number of piperidine rings is 1. The molecule has 29 heavy (non-hydrogen) atoms. The SMILES string of the molecule is CCOC(=O)c1cnn2c1N[C@H](C1CCCN(C(=O)C3CC3)C1)C[C@@H]2C(F)(F)F. The topological polar surface area (TPSA) is 76.5 Å². The number of hydrogen-bond acceptors (Lipinski definition) is 5. The van der Waals surface area contributed by atoms with Crippen LogP contribution in [0.1, 0.15) is 55.4 Å². The summed E-state index contributed by atoms with van der Waals surface area (Å²) in [5.41, 5.74) is 0.00697. The number of aromatic nitrogens is 2. The van der Waals surface area contributed by atoms with Gasteiger partial charge in [0.05, 0.1) is 12.8 Å². The van der Waals surface area contributed by atoms with Crippen molar-refractivity contribution in [2.24, 2.45) is 11.8 Å². The predicted octanol–water partition coefficient (Wildman–Crippen LogP) is 3.00. The van der Waals surface area contributed by atoms with Gasteiger partial charge in [-0.2, -0.15) is 18.3 Å². The molecule has 1 saturated heterocycles. The summed E-state index contributed by atoms with van der Waals surface area (Å²) in [5, 5.41) is 6.95. The molecular weight excluding hydrogens is 389 g/mol. The number of likely N-dealkylation sites (tertiary alicyclic amines) is 1. The number of halogens is 3. The van der Waals surface area contributed by atoms with E-state index in [4.69, 9.17) is 4.74 Å². The van der Waals surface area contributed by atoms with E-state index >= 15 is 0 Å². The lowest BCUT2D eigenvalue weighted by Gasteiger charge is -2.41. The minimum absolute atomic E-state index is 0.00697. The Morgan fingerprint density at radius 2 is 2.07 bits per heavy atom. The summed E-state index contributed by atoms with van der Waals surface area (Å²) in [6, 6.07) is -2.32. The third kappa shape index (κ3) is 3.93. The second kappa shape index (κ2) is 7.53. The van der Waals surface area contributed by atoms with Crippen LogP contribution in [0.5, 0.6) is 0 Å². The first-order valence-electron chi connectivity index (χ1n) is 10.2. The Labute approximate surface area is 166 Å². The van der Waals surface area contributed by atoms with Gasteiger partial charge in [-0.05, 0) is 44.9 Å². The van der Waals surface area contributed by atoms with Gasteiger partial charge in [-0.15, -0.1) is 0 Å². The second-order valence-electron chi connectivity index (χ2n) is 8.08. The van der Waals surface area contributed by atoms with Gasteiger partial charge >= 0.3 is 12.1 Å². The Morgan fingerprint density at radius 1 is 1.31 bits per heavy atom. The van der Waals surface area contributed by atoms with E-state index in [1.54, 1.807) is 11.8 Å². The molecule has 7 nitrogen and oxygen atoms in total. The van der Waals surface area contributed by atoms with Crippen LogP contribution in [-0.4, -0.2) is 58.5 Å². The molecule has 0 radical (unpaired) electrons. The molecule has 1 aliphatic carbocycles. The number of amides is 1. The standard InChI is InChI=1S/C19H25F3N4O3/c1-2-29-18(28)13-9-23-26-15(19(20,21)22)8-14(24-16(13)26)12-4-3-7-25(10-12)17(27)11-5-6-11/h9,11-12,14-15,24H,2-8,10H2,1H3/t12?,14-,15+/m0/s1. The van der Waals surface area contributed by atoms with Crippen LogP contribution >= 0.6 is 0 Å². The number of ether oxygens (including phenoxy) is 1. The number of nitrogens with zero attached hydrogens (tertiary/aromatic N) is 3. The lowest BCUT2D eigenvalue weighted by molar-refractivity contribution is -0.175. The Hall–Kier alpha value is -2.26. The molecule has 1 aromatic rings. The number of carbonyl (C=O) groups is 2. The van der Waals surface area contributed by atoms with E-state index in [1.807, 2.05) is 0 Å². The first-order chi connectivity index (χ1) is 13.8. The molecular formula is C19H25F3N4O3. The van der Waals surface area contributed by atoms with E-state index in [2.05, 4.69) is 10.4 Å². The highest BCUT2D eigenvalue weighted by Gasteiger charge is 2.49. The largest absolute Gasteiger partial charge is 0.462 e. The Bertz CT molecular complexity index is 790. The van der Waals surface area contributed by atoms with E-state index in [9.17, 15) is 22.8 Å². The van der Waals surface area contributed by atoms with Crippen molar-refractivity contribution in [3.05, 3.63) is 11.8 Å². The molecule has 3 aliphatic rings. The zero-order valence-corrected chi connectivity index (χ0v) is 16.2. The second-order valence-corrected chi connectivity index (χ2v) is 8.08. The lowest BCUT2D eigenvalue weighted by Crippen LogP contribution is -2.49. The number of anilines is 1. The summed E-state index contributed by atoms with van der Waals surface area (Å²) in [4.78, 5) is 26.4. The van der Waals surface area contributed by atoms with Crippen molar-refractivity contribution in [1.29, 1.82) is 0 Å². The third-order valence-electron chi connectivity index (χ3n) is 6.03. The van der Waals surface area contributed by atoms with E-state index < -0.39 is 24.2 Å². The van der Waals surface area contributed by atoms with Gasteiger partial charge in [0.15, 0.2) is 6.04 Å². The van der Waals surface area contributed by atoms with Crippen molar-refractivity contribution in [3.63, 3.8) is 0 Å². The number of nitrogens with one attached hydrogen (secondary N) is 1. The highest BCUT2D eigenvalue weighted by atomic mass is 19.4. The van der Waals surface area contributed by atoms with Crippen LogP contribution in [-0.2, 0) is 9.53 Å². The van der Waals surface area contributed by atoms with Crippen LogP contribution in [0.3, 0.4) is 0 Å². The van der Waals surface area contributed by atoms with Crippen molar-refractivity contribution in [3.8, 4) is 0 Å². The number of rotatable bonds is 4. The summed E-state index contributed by atoms with van der Waals surface area (Å²) >= 11 is 0. The highest BCUT2D eigenvalue weighted by molar-refractivity contribution is 5.94. The Morgan fingerprint density at radius 3 is 2.72 bits per heavy atom. The Balaban J connectivity index is 1.58. The lowest BCUT2D eigenvalue weighted by atomic mass is 9.85. The zero-order valence-electron chi connectivity index (χ0n) is 16.2. The van der Waals surface area contributed by atoms with Gasteiger partial charge in [-0.25, -0.2) is 9.48 Å². The van der Waals surface area contributed by atoms with Crippen LogP contribution in [0.15, 0.2) is 6.20 Å². The number of alkyl halides is 3. The number of fused-ring (bicyclic) bond motifs is 1. The van der Waals surface area contributed by atoms with E-state index in [-0.39, 0.29) is 42.2 Å². The van der Waals surface area contributed by atoms with E-state index in [1.165, 1.54) is 0 Å². The van der Waals surface area contributed by atoms with E-state index in [0.29, 0.717) is 13.1 Å². The van der Waals surface area contributed by atoms with Crippen LogP contribution in [0.4, 0.5) is 19.0 Å². The van der Waals surface area contributed by atoms with Gasteiger partial charge in [-0.1, -0.05) is 0 Å². The first kappa shape index (κ1) is 20.0. The van der Waals surface area contributed by atoms with Gasteiger partial charge in [-0.3, -0.25) is 4.79 Å². The molecule has 1 aromatic heterocycles. The van der Waals surface area contributed by atoms with Gasteiger partial charge in [0.25, 0.3) is 0 Å². The van der Waals surface area contributed by atoms with E-state index in [0.717, 1.165) is 36.6 Å². The van der Waals surface area contributed by atoms with Crippen LogP contribution in [0.25, 0.3) is 0 Å². The van der Waals surface area contributed by atoms with Crippen molar-refractivity contribution in [2.45, 2.75) is 57.3 Å². The fourth-order valence-electron chi connectivity index (χ4n) is 4.39. The summed E-state index contributed by atoms with van der Waals surface area (Å²) in [6.07, 6.45) is -0.242. The van der Waals surface area contributed by atoms with Crippen molar-refractivity contribution in [2.75, 3.05) is 25.0 Å². The highest BCUT2D eigenvalue weighted by Crippen LogP contribution is 2.43. The molecule has 0 aromatic carbocycles. The molecule has 0 spiro atoms. The molecule has 2 aliphatic heterocycles. The maximum atomic E-state index is 13.8. The average molecular weight is 414 g/mol. The number of hydrogen-bond donors (Lipinski definition) is 1. The fraction of sp³-hybridized carbons (Fsp3) is 0.737. The monoisotopic (exact) mass is 414 g/mol. The van der Waals surface area contributed by atoms with Gasteiger partial charge < -0.3 is 15.0 Å². The normalized spacial score (nSPS) is 27.2. The molecule has 2 fully saturated rings. The molecule has 160 valence electrons. The predicted molar refractivity (Wildman–Crippen MR) is 97.3 cm³/mol. The summed E-state index contributed by atoms with van der Waals surface area (Å²) in [7, 11) is 0. The maximum Gasteiger partial charge on any atom is 0.410 e. The number of carbonyl (C=O) groups excluding carboxylic acids is 2. The van der Waals surface area contributed by atoms with Crippen molar-refractivity contribution in [1.82, 2.24) is 14.7 Å². The maximum absolute atomic E-state index is 13.8. The molecule has 10 heteroatoms. The van der Waals surface area contributed by atoms with Gasteiger partial charge in [0.1, 0.15) is 11.4 Å². The van der Waals surface area contributed by atoms with Gasteiger partial charge in [0, 0.05) is 25.0 Å². The smallest absolute Gasteiger partial charge is 0.410 e. The zero-order chi connectivity index (χ0) is 20.8. The molecule has 3 heterocycles. The molecule has 1 saturated carbocycles. The summed E-state index contributed by atoms with van der Waals surface area (Å²) < 4.78 is 47.1. The molecule has 4 rings (SSSR count). The van der Waals surface area contributed by atoms with Crippen molar-refractivity contribution >= 4 is 17.7 Å². The number of esters is 1. The Kier molecular flexibility index (Phi) is 5.20. The average Bonchev–Trinajstić information content (AvgIpc) is 3.45. The van der Waals surface area contributed by atoms with Crippen LogP contribution in [0, 0.1) is 11.8 Å². The fourth-order valence-corrected chi connectivity index (χ4v) is 4.39. The molecule has 1 N–H and O–H groups in total. The van der Waals surface area contributed by atoms with Gasteiger partial charge in [0.2, 0.25) is 5.91 Å². The molecule has 3 atom stereocenters. The minimum Gasteiger partial charge on any atom is -0.462 e. The minimum atomic E-state index is -4.49. The third-order valence-corrected chi connectivity index (χ3v) is 6.03. The van der Waals surface area contributed by atoms with Crippen LogP contribution < -0.4 is 5.32 Å². The molecule has 1 unspecified atom stereocenters. The summed E-state index contributed by atoms with van der Waals surface area (Å²) in [6.45, 7) is 2.86. The quantitative estimate of drug-likeness (QED) is 0.767. The van der Waals surface area contributed by atoms with Crippen LogP contribution in [0.2, 0.25) is 0 Å². The van der Waals surface area contributed by atoms with Crippen molar-refractivity contribution < 1.29 is 27.5 Å². The molecule has 1 amide bonds. The first-order valence-corrected chi connectivity index (χ1v) is 10.2. The summed E-state index contributed by atoms with van der Waals surface area (Å²) in [5.74, 6) is -0.553.